The molecule has 2 aliphatic heterocycles. The van der Waals surface area contributed by atoms with Gasteiger partial charge in [-0.05, 0) is 38.8 Å². The van der Waals surface area contributed by atoms with Crippen LogP contribution in [0.25, 0.3) is 0 Å². The summed E-state index contributed by atoms with van der Waals surface area (Å²) in [5, 5.41) is 9.26. The van der Waals surface area contributed by atoms with Crippen molar-refractivity contribution in [3.63, 3.8) is 0 Å². The molecule has 0 aliphatic carbocycles. The third-order valence-corrected chi connectivity index (χ3v) is 4.43. The fourth-order valence-corrected chi connectivity index (χ4v) is 3.28. The molecule has 0 amide bonds. The molecule has 2 atom stereocenters. The number of aryl methyl sites for hydroxylation is 1. The van der Waals surface area contributed by atoms with Crippen LogP contribution in [0.2, 0.25) is 0 Å². The molecule has 3 heterocycles. The second-order valence-electron chi connectivity index (χ2n) is 5.92. The summed E-state index contributed by atoms with van der Waals surface area (Å²) in [7, 11) is 2.20. The summed E-state index contributed by atoms with van der Waals surface area (Å²) in [6.07, 6.45) is 6.84. The number of aliphatic hydroxyl groups excluding tert-OH is 1. The number of nitrogens with zero attached hydrogens (tertiary/aromatic N) is 3. The first-order valence-electron chi connectivity index (χ1n) is 7.11. The van der Waals surface area contributed by atoms with E-state index in [1.54, 1.807) is 0 Å². The Hall–Kier alpha value is -0.870. The van der Waals surface area contributed by atoms with Gasteiger partial charge in [-0.25, -0.2) is 4.98 Å². The van der Waals surface area contributed by atoms with Crippen molar-refractivity contribution in [3.05, 3.63) is 17.7 Å². The number of imidazole rings is 1. The summed E-state index contributed by atoms with van der Waals surface area (Å²) in [6.45, 7) is 3.68. The highest BCUT2D eigenvalue weighted by atomic mass is 16.3. The van der Waals surface area contributed by atoms with Gasteiger partial charge in [0.1, 0.15) is 5.82 Å². The molecule has 1 saturated heterocycles. The minimum absolute atomic E-state index is 0.300. The molecule has 1 aromatic heterocycles. The normalized spacial score (nSPS) is 29.2. The zero-order valence-electron chi connectivity index (χ0n) is 11.2. The summed E-state index contributed by atoms with van der Waals surface area (Å²) in [6, 6.07) is 0. The van der Waals surface area contributed by atoms with Gasteiger partial charge in [-0.1, -0.05) is 0 Å². The molecule has 100 valence electrons. The number of aliphatic hydroxyl groups is 1. The minimum atomic E-state index is 0.300. The van der Waals surface area contributed by atoms with Gasteiger partial charge in [0.05, 0.1) is 5.69 Å². The van der Waals surface area contributed by atoms with Crippen molar-refractivity contribution < 1.29 is 5.11 Å². The number of aromatic nitrogens is 2. The summed E-state index contributed by atoms with van der Waals surface area (Å²) in [4.78, 5) is 7.24. The van der Waals surface area contributed by atoms with Gasteiger partial charge in [-0.2, -0.15) is 0 Å². The molecule has 0 bridgehead atoms. The SMILES string of the molecule is CN1CCCC(c2cn3c(n2)CC(CO)CC3)C1. The van der Waals surface area contributed by atoms with Crippen molar-refractivity contribution in [1.29, 1.82) is 0 Å². The fourth-order valence-electron chi connectivity index (χ4n) is 3.28. The highest BCUT2D eigenvalue weighted by molar-refractivity contribution is 5.13. The molecule has 4 heteroatoms. The second kappa shape index (κ2) is 5.02. The zero-order valence-corrected chi connectivity index (χ0v) is 11.2. The van der Waals surface area contributed by atoms with Gasteiger partial charge in [0.15, 0.2) is 0 Å². The first kappa shape index (κ1) is 12.2. The number of likely N-dealkylation sites (tertiary alicyclic amines) is 1. The average Bonchev–Trinajstić information content (AvgIpc) is 2.81. The molecule has 18 heavy (non-hydrogen) atoms. The van der Waals surface area contributed by atoms with E-state index >= 15 is 0 Å². The zero-order chi connectivity index (χ0) is 12.5. The molecule has 2 aliphatic rings. The molecule has 1 aromatic rings. The van der Waals surface area contributed by atoms with Crippen molar-refractivity contribution in [2.24, 2.45) is 5.92 Å². The van der Waals surface area contributed by atoms with E-state index in [1.165, 1.54) is 30.9 Å². The van der Waals surface area contributed by atoms with Crippen LogP contribution in [0.1, 0.15) is 36.7 Å². The fraction of sp³-hybridized carbons (Fsp3) is 0.786. The van der Waals surface area contributed by atoms with Crippen LogP contribution in [0.5, 0.6) is 0 Å². The molecule has 0 spiro atoms. The smallest absolute Gasteiger partial charge is 0.109 e. The Morgan fingerprint density at radius 3 is 3.06 bits per heavy atom. The van der Waals surface area contributed by atoms with Crippen LogP contribution >= 0.6 is 0 Å². The quantitative estimate of drug-likeness (QED) is 0.857. The van der Waals surface area contributed by atoms with Crippen molar-refractivity contribution in [2.75, 3.05) is 26.7 Å². The van der Waals surface area contributed by atoms with E-state index < -0.39 is 0 Å². The van der Waals surface area contributed by atoms with Crippen LogP contribution in [0.15, 0.2) is 6.20 Å². The van der Waals surface area contributed by atoms with Crippen molar-refractivity contribution >= 4 is 0 Å². The lowest BCUT2D eigenvalue weighted by Crippen LogP contribution is -2.30. The van der Waals surface area contributed by atoms with E-state index in [4.69, 9.17) is 4.98 Å². The first-order valence-corrected chi connectivity index (χ1v) is 7.11. The number of hydrogen-bond acceptors (Lipinski definition) is 3. The highest BCUT2D eigenvalue weighted by Crippen LogP contribution is 2.28. The van der Waals surface area contributed by atoms with Gasteiger partial charge in [0, 0.05) is 38.2 Å². The van der Waals surface area contributed by atoms with E-state index in [2.05, 4.69) is 22.7 Å². The standard InChI is InChI=1S/C14H23N3O/c1-16-5-2-3-12(8-16)13-9-17-6-4-11(10-18)7-14(17)15-13/h9,11-12,18H,2-8,10H2,1H3. The van der Waals surface area contributed by atoms with Crippen LogP contribution in [0.4, 0.5) is 0 Å². The number of hydrogen-bond donors (Lipinski definition) is 1. The minimum Gasteiger partial charge on any atom is -0.396 e. The van der Waals surface area contributed by atoms with Crippen LogP contribution in [-0.2, 0) is 13.0 Å². The van der Waals surface area contributed by atoms with Crippen molar-refractivity contribution in [2.45, 2.75) is 38.1 Å². The van der Waals surface area contributed by atoms with Crippen molar-refractivity contribution in [3.8, 4) is 0 Å². The number of likely N-dealkylation sites (N-methyl/N-ethyl adjacent to an activating group) is 1. The highest BCUT2D eigenvalue weighted by Gasteiger charge is 2.25. The molecular formula is C14H23N3O. The summed E-state index contributed by atoms with van der Waals surface area (Å²) in [5.74, 6) is 2.21. The Morgan fingerprint density at radius 1 is 1.39 bits per heavy atom. The average molecular weight is 249 g/mol. The first-order chi connectivity index (χ1) is 8.76. The van der Waals surface area contributed by atoms with Crippen LogP contribution < -0.4 is 0 Å². The lowest BCUT2D eigenvalue weighted by atomic mass is 9.96. The van der Waals surface area contributed by atoms with E-state index in [9.17, 15) is 5.11 Å². The van der Waals surface area contributed by atoms with E-state index in [0.29, 0.717) is 18.4 Å². The largest absolute Gasteiger partial charge is 0.396 e. The maximum absolute atomic E-state index is 9.26. The van der Waals surface area contributed by atoms with Gasteiger partial charge in [0.25, 0.3) is 0 Å². The Bertz CT molecular complexity index is 415. The molecule has 0 aromatic carbocycles. The van der Waals surface area contributed by atoms with Gasteiger partial charge in [-0.3, -0.25) is 0 Å². The van der Waals surface area contributed by atoms with E-state index in [0.717, 1.165) is 25.9 Å². The molecule has 2 unspecified atom stereocenters. The second-order valence-corrected chi connectivity index (χ2v) is 5.92. The monoisotopic (exact) mass is 249 g/mol. The summed E-state index contributed by atoms with van der Waals surface area (Å²) >= 11 is 0. The summed E-state index contributed by atoms with van der Waals surface area (Å²) < 4.78 is 2.30. The van der Waals surface area contributed by atoms with Crippen LogP contribution in [-0.4, -0.2) is 46.3 Å². The Morgan fingerprint density at radius 2 is 2.28 bits per heavy atom. The summed E-state index contributed by atoms with van der Waals surface area (Å²) in [5.41, 5.74) is 1.27. The van der Waals surface area contributed by atoms with E-state index in [1.807, 2.05) is 0 Å². The van der Waals surface area contributed by atoms with Crippen molar-refractivity contribution in [1.82, 2.24) is 14.5 Å². The van der Waals surface area contributed by atoms with Gasteiger partial charge in [0.2, 0.25) is 0 Å². The predicted molar refractivity (Wildman–Crippen MR) is 70.6 cm³/mol. The molecule has 0 radical (unpaired) electrons. The molecular weight excluding hydrogens is 226 g/mol. The maximum Gasteiger partial charge on any atom is 0.109 e. The van der Waals surface area contributed by atoms with Crippen LogP contribution in [0, 0.1) is 5.92 Å². The number of rotatable bonds is 2. The number of fused-ring (bicyclic) bond motifs is 1. The van der Waals surface area contributed by atoms with Gasteiger partial charge >= 0.3 is 0 Å². The lowest BCUT2D eigenvalue weighted by Gasteiger charge is -2.28. The third-order valence-electron chi connectivity index (χ3n) is 4.43. The van der Waals surface area contributed by atoms with Gasteiger partial charge < -0.3 is 14.6 Å². The Balaban J connectivity index is 1.76. The Labute approximate surface area is 109 Å². The number of piperidine rings is 1. The third kappa shape index (κ3) is 2.31. The van der Waals surface area contributed by atoms with E-state index in [-0.39, 0.29) is 0 Å². The van der Waals surface area contributed by atoms with Crippen LogP contribution in [0.3, 0.4) is 0 Å². The van der Waals surface area contributed by atoms with Gasteiger partial charge in [-0.15, -0.1) is 0 Å². The lowest BCUT2D eigenvalue weighted by molar-refractivity contribution is 0.199. The molecule has 1 fully saturated rings. The molecule has 3 rings (SSSR count). The molecule has 0 saturated carbocycles. The topological polar surface area (TPSA) is 41.3 Å². The Kier molecular flexibility index (Phi) is 3.39. The predicted octanol–water partition coefficient (Wildman–Crippen LogP) is 1.25. The molecule has 4 nitrogen and oxygen atoms in total. The molecule has 1 N–H and O–H groups in total. The maximum atomic E-state index is 9.26.